The Labute approximate surface area is 223 Å². The van der Waals surface area contributed by atoms with Gasteiger partial charge in [0.05, 0.1) is 0 Å². The normalized spacial score (nSPS) is 13.4. The molecule has 0 saturated carbocycles. The number of carbonyl (C=O) groups is 2. The summed E-state index contributed by atoms with van der Waals surface area (Å²) in [5, 5.41) is 2.93. The molecule has 5 rings (SSSR count). The quantitative estimate of drug-likeness (QED) is 0.311. The van der Waals surface area contributed by atoms with Crippen molar-refractivity contribution in [2.45, 2.75) is 26.2 Å². The maximum Gasteiger partial charge on any atom is 0.276 e. The molecule has 2 heterocycles. The van der Waals surface area contributed by atoms with Crippen molar-refractivity contribution in [1.29, 1.82) is 0 Å². The predicted molar refractivity (Wildman–Crippen MR) is 150 cm³/mol. The van der Waals surface area contributed by atoms with Gasteiger partial charge in [0.1, 0.15) is 0 Å². The van der Waals surface area contributed by atoms with Crippen LogP contribution in [0.15, 0.2) is 89.3 Å². The summed E-state index contributed by atoms with van der Waals surface area (Å²) in [7, 11) is 0. The first kappa shape index (κ1) is 25.3. The van der Waals surface area contributed by atoms with Gasteiger partial charge in [0.15, 0.2) is 11.5 Å². The molecule has 0 aliphatic carbocycles. The van der Waals surface area contributed by atoms with Gasteiger partial charge in [-0.3, -0.25) is 9.59 Å². The van der Waals surface area contributed by atoms with Crippen molar-refractivity contribution in [3.63, 3.8) is 0 Å². The number of nitrogens with zero attached hydrogens (tertiary/aromatic N) is 3. The van der Waals surface area contributed by atoms with Gasteiger partial charge in [-0.2, -0.15) is 0 Å². The Kier molecular flexibility index (Phi) is 7.83. The first-order valence-corrected chi connectivity index (χ1v) is 13.2. The number of nitrogens with one attached hydrogen (secondary N) is 1. The van der Waals surface area contributed by atoms with Crippen molar-refractivity contribution in [2.24, 2.45) is 0 Å². The minimum absolute atomic E-state index is 0.00357. The fourth-order valence-corrected chi connectivity index (χ4v) is 4.59. The summed E-state index contributed by atoms with van der Waals surface area (Å²) in [4.78, 5) is 34.7. The van der Waals surface area contributed by atoms with Crippen molar-refractivity contribution in [2.75, 3.05) is 36.4 Å². The number of hydrogen-bond acceptors (Lipinski definition) is 5. The number of benzene rings is 3. The Morgan fingerprint density at radius 2 is 1.50 bits per heavy atom. The lowest BCUT2D eigenvalue weighted by Gasteiger charge is -2.35. The fraction of sp³-hybridized carbons (Fsp3) is 0.258. The van der Waals surface area contributed by atoms with E-state index < -0.39 is 0 Å². The van der Waals surface area contributed by atoms with Gasteiger partial charge in [-0.05, 0) is 55.0 Å². The van der Waals surface area contributed by atoms with Crippen molar-refractivity contribution in [1.82, 2.24) is 9.88 Å². The average Bonchev–Trinajstić information content (AvgIpc) is 3.43. The summed E-state index contributed by atoms with van der Waals surface area (Å²) >= 11 is 0. The second-order valence-electron chi connectivity index (χ2n) is 9.41. The predicted octanol–water partition coefficient (Wildman–Crippen LogP) is 6.10. The molecule has 38 heavy (non-hydrogen) atoms. The van der Waals surface area contributed by atoms with Gasteiger partial charge in [0.25, 0.3) is 5.91 Å². The van der Waals surface area contributed by atoms with E-state index in [1.54, 1.807) is 0 Å². The monoisotopic (exact) mass is 508 g/mol. The molecule has 1 aliphatic heterocycles. The Hall–Kier alpha value is -4.39. The molecule has 2 amide bonds. The van der Waals surface area contributed by atoms with E-state index in [0.717, 1.165) is 42.7 Å². The number of unbranched alkanes of at least 4 members (excludes halogenated alkanes) is 1. The van der Waals surface area contributed by atoms with Crippen molar-refractivity contribution >= 4 is 23.2 Å². The average molecular weight is 509 g/mol. The van der Waals surface area contributed by atoms with Gasteiger partial charge in [0, 0.05) is 55.1 Å². The Balaban J connectivity index is 1.38. The SMILES string of the molecule is CCCCC(=O)Nc1ccc(-c2oc(-c3ccccc3)nc2C(=O)N2CCN(c3ccccc3)CC2)cc1. The molecule has 0 bridgehead atoms. The minimum Gasteiger partial charge on any atom is -0.435 e. The van der Waals surface area contributed by atoms with E-state index in [2.05, 4.69) is 34.3 Å². The lowest BCUT2D eigenvalue weighted by molar-refractivity contribution is -0.116. The van der Waals surface area contributed by atoms with E-state index in [4.69, 9.17) is 4.42 Å². The number of piperazine rings is 1. The highest BCUT2D eigenvalue weighted by Gasteiger charge is 2.29. The number of aromatic nitrogens is 1. The first-order valence-electron chi connectivity index (χ1n) is 13.2. The molecule has 7 nitrogen and oxygen atoms in total. The third kappa shape index (κ3) is 5.78. The number of carbonyl (C=O) groups excluding carboxylic acids is 2. The van der Waals surface area contributed by atoms with Crippen molar-refractivity contribution in [3.05, 3.63) is 90.6 Å². The molecule has 0 radical (unpaired) electrons. The topological polar surface area (TPSA) is 78.7 Å². The summed E-state index contributed by atoms with van der Waals surface area (Å²) in [6.45, 7) is 4.76. The fourth-order valence-electron chi connectivity index (χ4n) is 4.59. The third-order valence-electron chi connectivity index (χ3n) is 6.73. The van der Waals surface area contributed by atoms with E-state index in [0.29, 0.717) is 42.5 Å². The minimum atomic E-state index is -0.143. The highest BCUT2D eigenvalue weighted by atomic mass is 16.4. The van der Waals surface area contributed by atoms with E-state index in [9.17, 15) is 9.59 Å². The third-order valence-corrected chi connectivity index (χ3v) is 6.73. The number of amides is 2. The second kappa shape index (κ2) is 11.8. The van der Waals surface area contributed by atoms with Crippen LogP contribution in [0.3, 0.4) is 0 Å². The Bertz CT molecular complexity index is 1360. The van der Waals surface area contributed by atoms with Gasteiger partial charge in [-0.25, -0.2) is 4.98 Å². The summed E-state index contributed by atoms with van der Waals surface area (Å²) < 4.78 is 6.21. The van der Waals surface area contributed by atoms with Crippen LogP contribution >= 0.6 is 0 Å². The van der Waals surface area contributed by atoms with Crippen LogP contribution < -0.4 is 10.2 Å². The molecule has 7 heteroatoms. The number of rotatable bonds is 8. The highest BCUT2D eigenvalue weighted by Crippen LogP contribution is 2.32. The number of hydrogen-bond donors (Lipinski definition) is 1. The van der Waals surface area contributed by atoms with Crippen LogP contribution in [-0.2, 0) is 4.79 Å². The van der Waals surface area contributed by atoms with Crippen LogP contribution in [0.2, 0.25) is 0 Å². The zero-order valence-corrected chi connectivity index (χ0v) is 21.6. The maximum absolute atomic E-state index is 13.7. The molecule has 1 fully saturated rings. The molecular weight excluding hydrogens is 476 g/mol. The lowest BCUT2D eigenvalue weighted by atomic mass is 10.1. The number of para-hydroxylation sites is 1. The zero-order chi connectivity index (χ0) is 26.3. The number of oxazole rings is 1. The van der Waals surface area contributed by atoms with Gasteiger partial charge >= 0.3 is 0 Å². The van der Waals surface area contributed by atoms with Crippen LogP contribution in [-0.4, -0.2) is 47.9 Å². The van der Waals surface area contributed by atoms with Crippen LogP contribution in [0.1, 0.15) is 36.7 Å². The molecule has 4 aromatic rings. The van der Waals surface area contributed by atoms with Crippen molar-refractivity contribution in [3.8, 4) is 22.8 Å². The van der Waals surface area contributed by atoms with Gasteiger partial charge in [-0.1, -0.05) is 49.7 Å². The summed E-state index contributed by atoms with van der Waals surface area (Å²) in [6.07, 6.45) is 2.33. The van der Waals surface area contributed by atoms with Crippen LogP contribution in [0.4, 0.5) is 11.4 Å². The van der Waals surface area contributed by atoms with Gasteiger partial charge < -0.3 is 19.5 Å². The molecule has 194 valence electrons. The number of anilines is 2. The zero-order valence-electron chi connectivity index (χ0n) is 21.6. The van der Waals surface area contributed by atoms with Crippen LogP contribution in [0, 0.1) is 0 Å². The van der Waals surface area contributed by atoms with Gasteiger partial charge in [0.2, 0.25) is 11.8 Å². The summed E-state index contributed by atoms with van der Waals surface area (Å²) in [5.41, 5.74) is 3.72. The lowest BCUT2D eigenvalue weighted by Crippen LogP contribution is -2.49. The smallest absolute Gasteiger partial charge is 0.276 e. The van der Waals surface area contributed by atoms with E-state index in [1.807, 2.05) is 77.7 Å². The molecule has 1 aliphatic rings. The standard InChI is InChI=1S/C31H32N4O3/c1-2-3-14-27(36)32-25-17-15-23(16-18-25)29-28(33-30(38-29)24-10-6-4-7-11-24)31(37)35-21-19-34(20-22-35)26-12-8-5-9-13-26/h4-13,15-18H,2-3,14,19-22H2,1H3,(H,32,36). The summed E-state index contributed by atoms with van der Waals surface area (Å²) in [6, 6.07) is 27.2. The highest BCUT2D eigenvalue weighted by molar-refractivity contribution is 5.99. The Morgan fingerprint density at radius 3 is 2.16 bits per heavy atom. The maximum atomic E-state index is 13.7. The molecule has 1 saturated heterocycles. The molecule has 0 atom stereocenters. The van der Waals surface area contributed by atoms with Crippen molar-refractivity contribution < 1.29 is 14.0 Å². The van der Waals surface area contributed by atoms with E-state index in [1.165, 1.54) is 0 Å². The largest absolute Gasteiger partial charge is 0.435 e. The van der Waals surface area contributed by atoms with Crippen LogP contribution in [0.5, 0.6) is 0 Å². The van der Waals surface area contributed by atoms with Crippen LogP contribution in [0.25, 0.3) is 22.8 Å². The molecule has 1 N–H and O–H groups in total. The molecule has 0 spiro atoms. The second-order valence-corrected chi connectivity index (χ2v) is 9.41. The summed E-state index contributed by atoms with van der Waals surface area (Å²) in [5.74, 6) is 0.693. The van der Waals surface area contributed by atoms with E-state index >= 15 is 0 Å². The molecule has 3 aromatic carbocycles. The molecule has 1 aromatic heterocycles. The molecular formula is C31H32N4O3. The molecule has 0 unspecified atom stereocenters. The Morgan fingerprint density at radius 1 is 0.842 bits per heavy atom. The van der Waals surface area contributed by atoms with Gasteiger partial charge in [-0.15, -0.1) is 0 Å². The van der Waals surface area contributed by atoms with E-state index in [-0.39, 0.29) is 11.8 Å². The first-order chi connectivity index (χ1) is 18.6.